The minimum absolute atomic E-state index is 0.461. The molecule has 0 radical (unpaired) electrons. The van der Waals surface area contributed by atoms with Crippen LogP contribution in [0.25, 0.3) is 11.3 Å². The van der Waals surface area contributed by atoms with E-state index in [1.807, 2.05) is 0 Å². The van der Waals surface area contributed by atoms with Gasteiger partial charge < -0.3 is 9.15 Å². The molecule has 96 valence electrons. The lowest BCUT2D eigenvalue weighted by molar-refractivity contribution is 0.415. The molecule has 5 heteroatoms. The summed E-state index contributed by atoms with van der Waals surface area (Å²) in [5.74, 6) is 1.30. The highest BCUT2D eigenvalue weighted by Gasteiger charge is 2.15. The number of hydrogen-bond donors (Lipinski definition) is 0. The largest absolute Gasteiger partial charge is 0.496 e. The second-order valence-electron chi connectivity index (χ2n) is 4.20. The van der Waals surface area contributed by atoms with Crippen molar-refractivity contribution >= 4 is 30.1 Å². The summed E-state index contributed by atoms with van der Waals surface area (Å²) in [6.07, 6.45) is 3.07. The Labute approximate surface area is 123 Å². The molecular weight excluding hydrogens is 361 g/mol. The number of aromatic nitrogens is 1. The summed E-state index contributed by atoms with van der Waals surface area (Å²) in [4.78, 5) is 5.43. The molecule has 0 fully saturated rings. The number of nitrogens with zero attached hydrogens (tertiary/aromatic N) is 1. The summed E-state index contributed by atoms with van der Waals surface area (Å²) in [6.45, 7) is 4.36. The van der Waals surface area contributed by atoms with E-state index in [1.165, 1.54) is 16.9 Å². The van der Waals surface area contributed by atoms with Crippen molar-refractivity contribution in [3.8, 4) is 17.0 Å². The molecule has 1 aromatic heterocycles. The predicted octanol–water partition coefficient (Wildman–Crippen LogP) is 4.92. The molecule has 0 bridgehead atoms. The van der Waals surface area contributed by atoms with Crippen LogP contribution in [0.3, 0.4) is 0 Å². The molecule has 0 spiro atoms. The molecule has 0 aliphatic rings. The van der Waals surface area contributed by atoms with Gasteiger partial charge in [-0.15, -0.1) is 0 Å². The van der Waals surface area contributed by atoms with E-state index in [-0.39, 0.29) is 0 Å². The summed E-state index contributed by atoms with van der Waals surface area (Å²) >= 11 is 2.30. The first kappa shape index (κ1) is 13.7. The van der Waals surface area contributed by atoms with E-state index < -0.39 is 0 Å². The van der Waals surface area contributed by atoms with Crippen LogP contribution < -0.4 is 4.74 Å². The average Bonchev–Trinajstić information content (AvgIpc) is 2.90. The summed E-state index contributed by atoms with van der Waals surface area (Å²) in [5, 5.41) is 0. The number of oxazole rings is 1. The standard InChI is InChI=1S/C13H14INO2S/c1-8(2)9-4-12(16-3)10(5-13(9)18-14)11-6-17-7-15-11/h4-8H,1-3H3. The molecule has 1 aromatic carbocycles. The van der Waals surface area contributed by atoms with Gasteiger partial charge in [0.1, 0.15) is 17.7 Å². The van der Waals surface area contributed by atoms with Gasteiger partial charge in [0.15, 0.2) is 6.39 Å². The average molecular weight is 375 g/mol. The van der Waals surface area contributed by atoms with Gasteiger partial charge in [0.05, 0.1) is 7.11 Å². The van der Waals surface area contributed by atoms with Gasteiger partial charge in [-0.2, -0.15) is 0 Å². The normalized spacial score (nSPS) is 10.9. The SMILES string of the molecule is COc1cc(C(C)C)c(SI)cc1-c1cocn1. The van der Waals surface area contributed by atoms with Crippen molar-refractivity contribution in [2.24, 2.45) is 0 Å². The highest BCUT2D eigenvalue weighted by molar-refractivity contribution is 14.2. The molecule has 0 amide bonds. The molecule has 0 aliphatic carbocycles. The Morgan fingerprint density at radius 1 is 1.39 bits per heavy atom. The van der Waals surface area contributed by atoms with Crippen LogP contribution in [0.1, 0.15) is 25.3 Å². The Balaban J connectivity index is 2.60. The molecule has 2 aromatic rings. The molecular formula is C13H14INO2S. The zero-order valence-corrected chi connectivity index (χ0v) is 13.4. The highest BCUT2D eigenvalue weighted by atomic mass is 127. The first-order valence-electron chi connectivity index (χ1n) is 5.56. The fourth-order valence-corrected chi connectivity index (χ4v) is 3.50. The van der Waals surface area contributed by atoms with Gasteiger partial charge in [-0.3, -0.25) is 0 Å². The maximum atomic E-state index is 5.47. The quantitative estimate of drug-likeness (QED) is 0.711. The molecule has 3 nitrogen and oxygen atoms in total. The van der Waals surface area contributed by atoms with Crippen LogP contribution in [0.15, 0.2) is 34.1 Å². The third-order valence-corrected chi connectivity index (χ3v) is 4.69. The Kier molecular flexibility index (Phi) is 4.55. The van der Waals surface area contributed by atoms with Crippen LogP contribution in [-0.4, -0.2) is 12.1 Å². The topological polar surface area (TPSA) is 35.3 Å². The molecule has 18 heavy (non-hydrogen) atoms. The highest BCUT2D eigenvalue weighted by Crippen LogP contribution is 2.40. The number of benzene rings is 1. The van der Waals surface area contributed by atoms with Gasteiger partial charge in [-0.1, -0.05) is 22.8 Å². The molecule has 1 heterocycles. The molecule has 0 aliphatic heterocycles. The van der Waals surface area contributed by atoms with Gasteiger partial charge in [0, 0.05) is 31.7 Å². The third kappa shape index (κ3) is 2.66. The van der Waals surface area contributed by atoms with Crippen LogP contribution in [0, 0.1) is 0 Å². The zero-order chi connectivity index (χ0) is 13.1. The van der Waals surface area contributed by atoms with Crippen molar-refractivity contribution in [3.63, 3.8) is 0 Å². The number of rotatable bonds is 4. The summed E-state index contributed by atoms with van der Waals surface area (Å²) in [7, 11) is 3.39. The van der Waals surface area contributed by atoms with Crippen molar-refractivity contribution < 1.29 is 9.15 Å². The number of hydrogen-bond acceptors (Lipinski definition) is 4. The van der Waals surface area contributed by atoms with E-state index in [0.29, 0.717) is 5.92 Å². The minimum Gasteiger partial charge on any atom is -0.496 e. The van der Waals surface area contributed by atoms with Crippen LogP contribution in [0.4, 0.5) is 0 Å². The second-order valence-corrected chi connectivity index (χ2v) is 6.11. The smallest absolute Gasteiger partial charge is 0.181 e. The Morgan fingerprint density at radius 3 is 2.67 bits per heavy atom. The number of ether oxygens (including phenoxy) is 1. The van der Waals surface area contributed by atoms with E-state index in [9.17, 15) is 0 Å². The van der Waals surface area contributed by atoms with Gasteiger partial charge in [0.25, 0.3) is 0 Å². The van der Waals surface area contributed by atoms with E-state index in [4.69, 9.17) is 9.15 Å². The van der Waals surface area contributed by atoms with E-state index in [2.05, 4.69) is 52.2 Å². The fourth-order valence-electron chi connectivity index (χ4n) is 1.81. The Morgan fingerprint density at radius 2 is 2.17 bits per heavy atom. The molecule has 0 N–H and O–H groups in total. The summed E-state index contributed by atoms with van der Waals surface area (Å²) in [6, 6.07) is 4.21. The fraction of sp³-hybridized carbons (Fsp3) is 0.308. The monoisotopic (exact) mass is 375 g/mol. The molecule has 0 saturated carbocycles. The summed E-state index contributed by atoms with van der Waals surface area (Å²) in [5.41, 5.74) is 3.06. The second kappa shape index (κ2) is 5.97. The van der Waals surface area contributed by atoms with Crippen LogP contribution in [0.5, 0.6) is 5.75 Å². The van der Waals surface area contributed by atoms with Gasteiger partial charge in [0.2, 0.25) is 0 Å². The lowest BCUT2D eigenvalue weighted by Crippen LogP contribution is -1.95. The Bertz CT molecular complexity index is 526. The first-order valence-corrected chi connectivity index (χ1v) is 8.92. The van der Waals surface area contributed by atoms with E-state index >= 15 is 0 Å². The summed E-state index contributed by atoms with van der Waals surface area (Å²) < 4.78 is 10.5. The molecule has 2 rings (SSSR count). The number of methoxy groups -OCH3 is 1. The first-order chi connectivity index (χ1) is 8.67. The van der Waals surface area contributed by atoms with Gasteiger partial charge in [-0.05, 0) is 23.6 Å². The molecule has 0 unspecified atom stereocenters. The van der Waals surface area contributed by atoms with Gasteiger partial charge in [-0.25, -0.2) is 4.98 Å². The predicted molar refractivity (Wildman–Crippen MR) is 82.5 cm³/mol. The number of halogens is 1. The van der Waals surface area contributed by atoms with Gasteiger partial charge >= 0.3 is 0 Å². The maximum Gasteiger partial charge on any atom is 0.181 e. The molecule has 0 atom stereocenters. The lowest BCUT2D eigenvalue weighted by atomic mass is 10.00. The van der Waals surface area contributed by atoms with Crippen LogP contribution in [-0.2, 0) is 0 Å². The van der Waals surface area contributed by atoms with Crippen molar-refractivity contribution in [2.75, 3.05) is 7.11 Å². The van der Waals surface area contributed by atoms with Crippen LogP contribution >= 0.6 is 30.1 Å². The van der Waals surface area contributed by atoms with E-state index in [0.717, 1.165) is 17.0 Å². The van der Waals surface area contributed by atoms with Crippen LogP contribution in [0.2, 0.25) is 0 Å². The van der Waals surface area contributed by atoms with Crippen molar-refractivity contribution in [2.45, 2.75) is 24.7 Å². The van der Waals surface area contributed by atoms with Crippen molar-refractivity contribution in [3.05, 3.63) is 30.4 Å². The third-order valence-electron chi connectivity index (χ3n) is 2.75. The maximum absolute atomic E-state index is 5.47. The van der Waals surface area contributed by atoms with Crippen molar-refractivity contribution in [1.82, 2.24) is 4.98 Å². The zero-order valence-electron chi connectivity index (χ0n) is 10.4. The lowest BCUT2D eigenvalue weighted by Gasteiger charge is -2.15. The van der Waals surface area contributed by atoms with E-state index in [1.54, 1.807) is 22.3 Å². The Hall–Kier alpha value is -0.690. The molecule has 0 saturated heterocycles. The minimum atomic E-state index is 0.461. The van der Waals surface area contributed by atoms with Crippen molar-refractivity contribution in [1.29, 1.82) is 0 Å².